The van der Waals surface area contributed by atoms with Crippen LogP contribution in [0.4, 0.5) is 24.5 Å². The molecule has 0 heterocycles. The standard InChI is InChI=1S/C19H13ClF3N3O5/c20-13-5-6-16(26(29)30)15(10-13)18(28)31-11-17(27)25(8-2-7-24)14-4-1-3-12(9-14)19(21,22)23/h1,3-6,9-10H,2,8,11H2. The molecule has 0 radical (unpaired) electrons. The minimum atomic E-state index is -4.65. The van der Waals surface area contributed by atoms with Crippen molar-refractivity contribution in [1.82, 2.24) is 0 Å². The van der Waals surface area contributed by atoms with Crippen LogP contribution < -0.4 is 4.90 Å². The van der Waals surface area contributed by atoms with Crippen molar-refractivity contribution < 1.29 is 32.4 Å². The molecule has 0 saturated heterocycles. The summed E-state index contributed by atoms with van der Waals surface area (Å²) in [6.07, 6.45) is -4.85. The zero-order valence-corrected chi connectivity index (χ0v) is 16.3. The van der Waals surface area contributed by atoms with Crippen LogP contribution in [0.15, 0.2) is 42.5 Å². The molecule has 0 unspecified atom stereocenters. The molecular weight excluding hydrogens is 443 g/mol. The fraction of sp³-hybridized carbons (Fsp3) is 0.211. The van der Waals surface area contributed by atoms with Gasteiger partial charge in [0.1, 0.15) is 5.56 Å². The number of hydrogen-bond acceptors (Lipinski definition) is 6. The number of amides is 1. The number of anilines is 1. The third kappa shape index (κ3) is 6.16. The Kier molecular flexibility index (Phi) is 7.55. The lowest BCUT2D eigenvalue weighted by Crippen LogP contribution is -2.35. The summed E-state index contributed by atoms with van der Waals surface area (Å²) in [5, 5.41) is 19.8. The molecule has 0 aliphatic heterocycles. The lowest BCUT2D eigenvalue weighted by Gasteiger charge is -2.22. The van der Waals surface area contributed by atoms with E-state index in [0.29, 0.717) is 0 Å². The number of nitro groups is 1. The van der Waals surface area contributed by atoms with E-state index in [1.54, 1.807) is 6.07 Å². The van der Waals surface area contributed by atoms with Gasteiger partial charge in [-0.05, 0) is 30.3 Å². The second-order valence-corrected chi connectivity index (χ2v) is 6.43. The molecule has 0 aliphatic carbocycles. The third-order valence-electron chi connectivity index (χ3n) is 3.94. The number of carbonyl (C=O) groups is 2. The quantitative estimate of drug-likeness (QED) is 0.348. The second kappa shape index (κ2) is 9.90. The van der Waals surface area contributed by atoms with Gasteiger partial charge in [-0.1, -0.05) is 17.7 Å². The van der Waals surface area contributed by atoms with Gasteiger partial charge in [-0.25, -0.2) is 4.79 Å². The molecule has 2 rings (SSSR count). The van der Waals surface area contributed by atoms with Crippen molar-refractivity contribution in [3.8, 4) is 6.07 Å². The minimum absolute atomic E-state index is 0.0171. The molecule has 162 valence electrons. The van der Waals surface area contributed by atoms with Crippen molar-refractivity contribution in [3.63, 3.8) is 0 Å². The predicted molar refractivity (Wildman–Crippen MR) is 102 cm³/mol. The van der Waals surface area contributed by atoms with E-state index in [9.17, 15) is 32.9 Å². The van der Waals surface area contributed by atoms with Crippen LogP contribution in [0.5, 0.6) is 0 Å². The van der Waals surface area contributed by atoms with E-state index in [1.165, 1.54) is 12.1 Å². The van der Waals surface area contributed by atoms with Crippen LogP contribution in [0.2, 0.25) is 5.02 Å². The SMILES string of the molecule is N#CCCN(C(=O)COC(=O)c1cc(Cl)ccc1[N+](=O)[O-])c1cccc(C(F)(F)F)c1. The van der Waals surface area contributed by atoms with Gasteiger partial charge >= 0.3 is 12.1 Å². The van der Waals surface area contributed by atoms with Crippen LogP contribution in [-0.2, 0) is 15.7 Å². The molecule has 0 fully saturated rings. The molecule has 0 N–H and O–H groups in total. The average Bonchev–Trinajstić information content (AvgIpc) is 2.71. The molecule has 0 spiro atoms. The van der Waals surface area contributed by atoms with Crippen LogP contribution >= 0.6 is 11.6 Å². The first-order valence-corrected chi connectivity index (χ1v) is 8.88. The van der Waals surface area contributed by atoms with E-state index in [1.807, 2.05) is 0 Å². The number of hydrogen-bond donors (Lipinski definition) is 0. The fourth-order valence-electron chi connectivity index (χ4n) is 2.52. The third-order valence-corrected chi connectivity index (χ3v) is 4.17. The highest BCUT2D eigenvalue weighted by molar-refractivity contribution is 6.31. The molecule has 12 heteroatoms. The number of nitrogens with zero attached hydrogens (tertiary/aromatic N) is 3. The molecule has 0 aliphatic rings. The van der Waals surface area contributed by atoms with E-state index < -0.39 is 46.4 Å². The Hall–Kier alpha value is -3.65. The van der Waals surface area contributed by atoms with Crippen molar-refractivity contribution in [1.29, 1.82) is 5.26 Å². The number of alkyl halides is 3. The van der Waals surface area contributed by atoms with E-state index in [2.05, 4.69) is 0 Å². The van der Waals surface area contributed by atoms with Crippen molar-refractivity contribution in [2.75, 3.05) is 18.1 Å². The van der Waals surface area contributed by atoms with Gasteiger partial charge < -0.3 is 9.64 Å². The molecule has 31 heavy (non-hydrogen) atoms. The van der Waals surface area contributed by atoms with Gasteiger partial charge in [0, 0.05) is 23.3 Å². The van der Waals surface area contributed by atoms with Crippen LogP contribution in [-0.4, -0.2) is 30.0 Å². The number of nitriles is 1. The van der Waals surface area contributed by atoms with Gasteiger partial charge in [-0.15, -0.1) is 0 Å². The number of esters is 1. The van der Waals surface area contributed by atoms with E-state index >= 15 is 0 Å². The Bertz CT molecular complexity index is 1050. The van der Waals surface area contributed by atoms with Gasteiger partial charge in [0.2, 0.25) is 0 Å². The smallest absolute Gasteiger partial charge is 0.416 e. The average molecular weight is 456 g/mol. The first kappa shape index (κ1) is 23.6. The number of rotatable bonds is 7. The van der Waals surface area contributed by atoms with E-state index in [0.717, 1.165) is 35.2 Å². The Morgan fingerprint density at radius 1 is 1.23 bits per heavy atom. The number of halogens is 4. The largest absolute Gasteiger partial charge is 0.452 e. The summed E-state index contributed by atoms with van der Waals surface area (Å²) in [6, 6.07) is 8.80. The molecule has 0 aromatic heterocycles. The maximum Gasteiger partial charge on any atom is 0.416 e. The highest BCUT2D eigenvalue weighted by Gasteiger charge is 2.31. The number of nitro benzene ring substituents is 1. The van der Waals surface area contributed by atoms with Crippen molar-refractivity contribution in [2.45, 2.75) is 12.6 Å². The molecule has 2 aromatic rings. The second-order valence-electron chi connectivity index (χ2n) is 6.00. The topological polar surface area (TPSA) is 114 Å². The molecule has 0 atom stereocenters. The molecule has 2 aromatic carbocycles. The summed E-state index contributed by atoms with van der Waals surface area (Å²) in [7, 11) is 0. The summed E-state index contributed by atoms with van der Waals surface area (Å²) >= 11 is 5.74. The van der Waals surface area contributed by atoms with E-state index in [-0.39, 0.29) is 23.7 Å². The Balaban J connectivity index is 2.23. The highest BCUT2D eigenvalue weighted by atomic mass is 35.5. The summed E-state index contributed by atoms with van der Waals surface area (Å²) in [5.41, 5.74) is -2.25. The number of ether oxygens (including phenoxy) is 1. The Morgan fingerprint density at radius 3 is 2.55 bits per heavy atom. The number of carbonyl (C=O) groups excluding carboxylic acids is 2. The maximum absolute atomic E-state index is 13.0. The Morgan fingerprint density at radius 2 is 1.94 bits per heavy atom. The van der Waals surface area contributed by atoms with Crippen LogP contribution in [0.1, 0.15) is 22.3 Å². The van der Waals surface area contributed by atoms with Gasteiger partial charge in [0.25, 0.3) is 11.6 Å². The van der Waals surface area contributed by atoms with Gasteiger partial charge in [-0.2, -0.15) is 18.4 Å². The summed E-state index contributed by atoms with van der Waals surface area (Å²) in [4.78, 5) is 35.8. The summed E-state index contributed by atoms with van der Waals surface area (Å²) in [5.74, 6) is -2.14. The predicted octanol–water partition coefficient (Wildman–Crippen LogP) is 4.37. The first-order chi connectivity index (χ1) is 14.5. The van der Waals surface area contributed by atoms with E-state index in [4.69, 9.17) is 21.6 Å². The van der Waals surface area contributed by atoms with Crippen molar-refractivity contribution in [2.24, 2.45) is 0 Å². The van der Waals surface area contributed by atoms with Crippen LogP contribution in [0, 0.1) is 21.4 Å². The molecule has 8 nitrogen and oxygen atoms in total. The molecule has 1 amide bonds. The molecular formula is C19H13ClF3N3O5. The molecule has 0 saturated carbocycles. The highest BCUT2D eigenvalue weighted by Crippen LogP contribution is 2.32. The fourth-order valence-corrected chi connectivity index (χ4v) is 2.70. The lowest BCUT2D eigenvalue weighted by molar-refractivity contribution is -0.385. The monoisotopic (exact) mass is 455 g/mol. The molecule has 0 bridgehead atoms. The van der Waals surface area contributed by atoms with Gasteiger partial charge in [-0.3, -0.25) is 14.9 Å². The number of benzene rings is 2. The van der Waals surface area contributed by atoms with Crippen LogP contribution in [0.3, 0.4) is 0 Å². The van der Waals surface area contributed by atoms with Crippen molar-refractivity contribution >= 4 is 34.9 Å². The Labute approximate surface area is 178 Å². The summed E-state index contributed by atoms with van der Waals surface area (Å²) < 4.78 is 43.7. The first-order valence-electron chi connectivity index (χ1n) is 8.50. The normalized spacial score (nSPS) is 10.8. The zero-order valence-electron chi connectivity index (χ0n) is 15.6. The van der Waals surface area contributed by atoms with Crippen molar-refractivity contribution in [3.05, 3.63) is 68.7 Å². The van der Waals surface area contributed by atoms with Gasteiger partial charge in [0.15, 0.2) is 6.61 Å². The minimum Gasteiger partial charge on any atom is -0.452 e. The van der Waals surface area contributed by atoms with Crippen LogP contribution in [0.25, 0.3) is 0 Å². The maximum atomic E-state index is 13.0. The summed E-state index contributed by atoms with van der Waals surface area (Å²) in [6.45, 7) is -1.18. The zero-order chi connectivity index (χ0) is 23.2. The van der Waals surface area contributed by atoms with Gasteiger partial charge in [0.05, 0.1) is 23.0 Å². The lowest BCUT2D eigenvalue weighted by atomic mass is 10.1.